The molecule has 1 rings (SSSR count). The van der Waals surface area contributed by atoms with E-state index >= 15 is 0 Å². The maximum Gasteiger partial charge on any atom is 0.0613 e. The van der Waals surface area contributed by atoms with Gasteiger partial charge in [0.15, 0.2) is 0 Å². The smallest absolute Gasteiger partial charge is 0.0613 e. The molecule has 0 amide bonds. The van der Waals surface area contributed by atoms with Gasteiger partial charge in [0, 0.05) is 5.71 Å². The van der Waals surface area contributed by atoms with Crippen molar-refractivity contribution in [1.29, 1.82) is 0 Å². The lowest BCUT2D eigenvalue weighted by molar-refractivity contribution is 0.821. The lowest BCUT2D eigenvalue weighted by atomic mass is 9.95. The highest BCUT2D eigenvalue weighted by atomic mass is 14.8. The highest BCUT2D eigenvalue weighted by Crippen LogP contribution is 2.19. The summed E-state index contributed by atoms with van der Waals surface area (Å²) in [6.45, 7) is 13.7. The highest BCUT2D eigenvalue weighted by molar-refractivity contribution is 6.01. The maximum absolute atomic E-state index is 4.60. The Morgan fingerprint density at radius 3 is 2.59 bits per heavy atom. The number of nitrogens with zero attached hydrogens (tertiary/aromatic N) is 1. The molecule has 0 bridgehead atoms. The molecule has 0 saturated heterocycles. The van der Waals surface area contributed by atoms with Crippen molar-refractivity contribution in [3.05, 3.63) is 60.4 Å². The Hall–Kier alpha value is -1.63. The molecule has 1 nitrogen and oxygen atoms in total. The van der Waals surface area contributed by atoms with Crippen molar-refractivity contribution in [2.45, 2.75) is 27.2 Å². The number of allylic oxidation sites excluding steroid dienone is 7. The molecule has 0 aromatic rings. The van der Waals surface area contributed by atoms with Crippen molar-refractivity contribution in [3.63, 3.8) is 0 Å². The largest absolute Gasteiger partial charge is 0.253 e. The van der Waals surface area contributed by atoms with Crippen LogP contribution in [0.2, 0.25) is 0 Å². The molecule has 1 aliphatic carbocycles. The molecule has 0 aromatic heterocycles. The third-order valence-corrected chi connectivity index (χ3v) is 2.85. The Kier molecular flexibility index (Phi) is 4.89. The van der Waals surface area contributed by atoms with Crippen LogP contribution in [0.4, 0.5) is 0 Å². The van der Waals surface area contributed by atoms with Gasteiger partial charge >= 0.3 is 0 Å². The van der Waals surface area contributed by atoms with Crippen LogP contribution in [0.3, 0.4) is 0 Å². The first kappa shape index (κ1) is 13.4. The van der Waals surface area contributed by atoms with Crippen molar-refractivity contribution in [2.24, 2.45) is 10.9 Å². The van der Waals surface area contributed by atoms with Crippen LogP contribution in [0.5, 0.6) is 0 Å². The monoisotopic (exact) mass is 227 g/mol. The molecular weight excluding hydrogens is 206 g/mol. The summed E-state index contributed by atoms with van der Waals surface area (Å²) in [5, 5.41) is 0. The van der Waals surface area contributed by atoms with E-state index in [4.69, 9.17) is 0 Å². The normalized spacial score (nSPS) is 21.1. The predicted molar refractivity (Wildman–Crippen MR) is 77.2 cm³/mol. The zero-order valence-corrected chi connectivity index (χ0v) is 11.0. The summed E-state index contributed by atoms with van der Waals surface area (Å²) in [4.78, 5) is 4.60. The number of rotatable bonds is 4. The van der Waals surface area contributed by atoms with Crippen LogP contribution in [0.1, 0.15) is 27.2 Å². The molecule has 1 aliphatic rings. The SMILES string of the molecule is C=CC1C=CC(C(C)=N/C(=C\C)C(=C)C)=CC1. The van der Waals surface area contributed by atoms with E-state index in [0.717, 1.165) is 23.4 Å². The molecule has 0 heterocycles. The van der Waals surface area contributed by atoms with Crippen LogP contribution >= 0.6 is 0 Å². The average molecular weight is 227 g/mol. The molecule has 0 radical (unpaired) electrons. The predicted octanol–water partition coefficient (Wildman–Crippen LogP) is 4.62. The van der Waals surface area contributed by atoms with Crippen molar-refractivity contribution in [3.8, 4) is 0 Å². The second-order valence-electron chi connectivity index (χ2n) is 4.31. The molecule has 1 heteroatoms. The molecule has 0 saturated carbocycles. The van der Waals surface area contributed by atoms with Gasteiger partial charge in [0.25, 0.3) is 0 Å². The quantitative estimate of drug-likeness (QED) is 0.377. The summed E-state index contributed by atoms with van der Waals surface area (Å²) < 4.78 is 0. The molecule has 0 aromatic carbocycles. The van der Waals surface area contributed by atoms with Gasteiger partial charge < -0.3 is 0 Å². The summed E-state index contributed by atoms with van der Waals surface area (Å²) in [7, 11) is 0. The molecule has 1 unspecified atom stereocenters. The van der Waals surface area contributed by atoms with Crippen molar-refractivity contribution in [2.75, 3.05) is 0 Å². The Morgan fingerprint density at radius 2 is 2.18 bits per heavy atom. The van der Waals surface area contributed by atoms with Gasteiger partial charge in [-0.1, -0.05) is 37.0 Å². The van der Waals surface area contributed by atoms with Gasteiger partial charge in [0.1, 0.15) is 0 Å². The van der Waals surface area contributed by atoms with Crippen molar-refractivity contribution >= 4 is 5.71 Å². The van der Waals surface area contributed by atoms with E-state index in [-0.39, 0.29) is 0 Å². The van der Waals surface area contributed by atoms with Crippen LogP contribution in [0.15, 0.2) is 65.4 Å². The maximum atomic E-state index is 4.60. The fraction of sp³-hybridized carbons (Fsp3) is 0.312. The fourth-order valence-electron chi connectivity index (χ4n) is 1.73. The fourth-order valence-corrected chi connectivity index (χ4v) is 1.73. The van der Waals surface area contributed by atoms with Gasteiger partial charge in [-0.25, -0.2) is 0 Å². The van der Waals surface area contributed by atoms with E-state index in [0.29, 0.717) is 5.92 Å². The van der Waals surface area contributed by atoms with Gasteiger partial charge in [0.05, 0.1) is 5.70 Å². The summed E-state index contributed by atoms with van der Waals surface area (Å²) in [5.41, 5.74) is 4.20. The zero-order chi connectivity index (χ0) is 12.8. The van der Waals surface area contributed by atoms with E-state index in [2.05, 4.69) is 36.4 Å². The summed E-state index contributed by atoms with van der Waals surface area (Å²) in [5.74, 6) is 0.467. The minimum absolute atomic E-state index is 0.467. The summed E-state index contributed by atoms with van der Waals surface area (Å²) >= 11 is 0. The molecular formula is C16H21N. The Bertz CT molecular complexity index is 430. The lowest BCUT2D eigenvalue weighted by Crippen LogP contribution is -2.03. The summed E-state index contributed by atoms with van der Waals surface area (Å²) in [6.07, 6.45) is 11.5. The molecule has 0 N–H and O–H groups in total. The first-order valence-electron chi connectivity index (χ1n) is 5.97. The second kappa shape index (κ2) is 6.19. The topological polar surface area (TPSA) is 12.4 Å². The van der Waals surface area contributed by atoms with E-state index in [1.807, 2.05) is 32.9 Å². The third-order valence-electron chi connectivity index (χ3n) is 2.85. The highest BCUT2D eigenvalue weighted by Gasteiger charge is 2.07. The van der Waals surface area contributed by atoms with E-state index in [9.17, 15) is 0 Å². The van der Waals surface area contributed by atoms with E-state index < -0.39 is 0 Å². The number of hydrogen-bond donors (Lipinski definition) is 0. The molecule has 1 atom stereocenters. The molecule has 90 valence electrons. The lowest BCUT2D eigenvalue weighted by Gasteiger charge is -2.12. The molecule has 0 aliphatic heterocycles. The standard InChI is InChI=1S/C16H21N/c1-6-14-8-10-15(11-9-14)13(5)17-16(7-2)12(3)4/h6-8,10-11,14H,1,3,9H2,2,4-5H3/b16-7-,17-13?. The van der Waals surface area contributed by atoms with Gasteiger partial charge in [-0.2, -0.15) is 0 Å². The number of aliphatic imine (C=N–C) groups is 1. The first-order chi connectivity index (χ1) is 8.08. The minimum Gasteiger partial charge on any atom is -0.253 e. The zero-order valence-electron chi connectivity index (χ0n) is 11.0. The minimum atomic E-state index is 0.467. The Morgan fingerprint density at radius 1 is 1.47 bits per heavy atom. The van der Waals surface area contributed by atoms with Gasteiger partial charge in [-0.15, -0.1) is 6.58 Å². The van der Waals surface area contributed by atoms with Gasteiger partial charge in [-0.3, -0.25) is 4.99 Å². The van der Waals surface area contributed by atoms with E-state index in [1.165, 1.54) is 5.57 Å². The third kappa shape index (κ3) is 3.70. The average Bonchev–Trinajstić information content (AvgIpc) is 2.35. The van der Waals surface area contributed by atoms with Gasteiger partial charge in [0.2, 0.25) is 0 Å². The Balaban J connectivity index is 2.85. The first-order valence-corrected chi connectivity index (χ1v) is 5.97. The molecule has 17 heavy (non-hydrogen) atoms. The van der Waals surface area contributed by atoms with Crippen LogP contribution in [0.25, 0.3) is 0 Å². The van der Waals surface area contributed by atoms with Crippen LogP contribution in [-0.2, 0) is 0 Å². The van der Waals surface area contributed by atoms with Crippen LogP contribution in [-0.4, -0.2) is 5.71 Å². The second-order valence-corrected chi connectivity index (χ2v) is 4.31. The molecule has 0 fully saturated rings. The van der Waals surface area contributed by atoms with Crippen molar-refractivity contribution < 1.29 is 0 Å². The van der Waals surface area contributed by atoms with Crippen molar-refractivity contribution in [1.82, 2.24) is 0 Å². The summed E-state index contributed by atoms with van der Waals surface area (Å²) in [6, 6.07) is 0. The van der Waals surface area contributed by atoms with E-state index in [1.54, 1.807) is 0 Å². The van der Waals surface area contributed by atoms with Crippen LogP contribution in [0, 0.1) is 5.92 Å². The van der Waals surface area contributed by atoms with Crippen LogP contribution < -0.4 is 0 Å². The molecule has 0 spiro atoms. The van der Waals surface area contributed by atoms with Gasteiger partial charge in [-0.05, 0) is 44.3 Å². The Labute approximate surface area is 105 Å². The number of hydrogen-bond acceptors (Lipinski definition) is 1.